The molecule has 0 radical (unpaired) electrons. The number of hydrogen-bond acceptors (Lipinski definition) is 5. The highest BCUT2D eigenvalue weighted by Crippen LogP contribution is 2.19. The summed E-state index contributed by atoms with van der Waals surface area (Å²) in [6.45, 7) is 2.92. The standard InChI is InChI=1S/C13H15N3O3S/c1-8-6-20-12-11(8)14-7-16(13(12)18)4-9-3-15(2)10(17)5-19-9/h6-7,9H,3-5H2,1-2H3/t9-/m0/s1. The predicted octanol–water partition coefficient (Wildman–Crippen LogP) is 0.624. The molecular weight excluding hydrogens is 278 g/mol. The molecule has 3 rings (SSSR count). The lowest BCUT2D eigenvalue weighted by Crippen LogP contribution is -2.46. The van der Waals surface area contributed by atoms with E-state index in [0.717, 1.165) is 11.1 Å². The van der Waals surface area contributed by atoms with Gasteiger partial charge in [0.25, 0.3) is 5.56 Å². The van der Waals surface area contributed by atoms with E-state index in [1.807, 2.05) is 12.3 Å². The third-order valence-corrected chi connectivity index (χ3v) is 4.54. The number of hydrogen-bond donors (Lipinski definition) is 0. The Labute approximate surface area is 119 Å². The Morgan fingerprint density at radius 1 is 1.50 bits per heavy atom. The number of likely N-dealkylation sites (N-methyl/N-ethyl adjacent to an activating group) is 1. The summed E-state index contributed by atoms with van der Waals surface area (Å²) in [6.07, 6.45) is 1.39. The Hall–Kier alpha value is -1.73. The second-order valence-electron chi connectivity index (χ2n) is 5.01. The van der Waals surface area contributed by atoms with Crippen LogP contribution in [-0.4, -0.2) is 46.7 Å². The first-order valence-corrected chi connectivity index (χ1v) is 7.23. The van der Waals surface area contributed by atoms with Crippen LogP contribution in [0.3, 0.4) is 0 Å². The zero-order valence-corrected chi connectivity index (χ0v) is 12.1. The van der Waals surface area contributed by atoms with Crippen molar-refractivity contribution >= 4 is 27.5 Å². The van der Waals surface area contributed by atoms with Crippen molar-refractivity contribution in [2.45, 2.75) is 19.6 Å². The van der Waals surface area contributed by atoms with Gasteiger partial charge < -0.3 is 9.64 Å². The maximum Gasteiger partial charge on any atom is 0.271 e. The fraction of sp³-hybridized carbons (Fsp3) is 0.462. The van der Waals surface area contributed by atoms with E-state index in [4.69, 9.17) is 4.74 Å². The second kappa shape index (κ2) is 4.99. The Morgan fingerprint density at radius 3 is 3.05 bits per heavy atom. The molecule has 20 heavy (non-hydrogen) atoms. The van der Waals surface area contributed by atoms with E-state index in [2.05, 4.69) is 4.98 Å². The fourth-order valence-electron chi connectivity index (χ4n) is 2.28. The molecule has 2 aromatic rings. The summed E-state index contributed by atoms with van der Waals surface area (Å²) in [6, 6.07) is 0. The number of carbonyl (C=O) groups excluding carboxylic acids is 1. The number of morpholine rings is 1. The average Bonchev–Trinajstić information content (AvgIpc) is 2.80. The Bertz CT molecular complexity index is 721. The van der Waals surface area contributed by atoms with Gasteiger partial charge in [-0.1, -0.05) is 0 Å². The molecule has 0 bridgehead atoms. The van der Waals surface area contributed by atoms with Crippen LogP contribution in [0.15, 0.2) is 16.5 Å². The normalized spacial score (nSPS) is 19.8. The van der Waals surface area contributed by atoms with Crippen LogP contribution in [0.2, 0.25) is 0 Å². The molecule has 1 fully saturated rings. The van der Waals surface area contributed by atoms with Crippen LogP contribution >= 0.6 is 11.3 Å². The Kier molecular flexibility index (Phi) is 3.31. The van der Waals surface area contributed by atoms with Crippen molar-refractivity contribution in [3.8, 4) is 0 Å². The summed E-state index contributed by atoms with van der Waals surface area (Å²) in [4.78, 5) is 29.7. The first-order chi connectivity index (χ1) is 9.56. The van der Waals surface area contributed by atoms with Gasteiger partial charge in [0.15, 0.2) is 0 Å². The van der Waals surface area contributed by atoms with Crippen molar-refractivity contribution in [2.24, 2.45) is 0 Å². The molecule has 0 unspecified atom stereocenters. The minimum atomic E-state index is -0.171. The van der Waals surface area contributed by atoms with Crippen molar-refractivity contribution in [1.82, 2.24) is 14.5 Å². The van der Waals surface area contributed by atoms with Crippen molar-refractivity contribution in [3.63, 3.8) is 0 Å². The highest BCUT2D eigenvalue weighted by molar-refractivity contribution is 7.17. The number of fused-ring (bicyclic) bond motifs is 1. The first kappa shape index (κ1) is 13.3. The van der Waals surface area contributed by atoms with Crippen LogP contribution in [0, 0.1) is 6.92 Å². The van der Waals surface area contributed by atoms with Gasteiger partial charge in [0.05, 0.1) is 24.5 Å². The molecule has 1 amide bonds. The molecule has 2 aromatic heterocycles. The molecular formula is C13H15N3O3S. The largest absolute Gasteiger partial charge is 0.365 e. The van der Waals surface area contributed by atoms with Gasteiger partial charge in [0.1, 0.15) is 11.3 Å². The second-order valence-corrected chi connectivity index (χ2v) is 5.89. The number of amides is 1. The van der Waals surface area contributed by atoms with Crippen LogP contribution in [0.4, 0.5) is 0 Å². The van der Waals surface area contributed by atoms with E-state index in [0.29, 0.717) is 17.8 Å². The third kappa shape index (κ3) is 2.23. The molecule has 0 saturated carbocycles. The summed E-state index contributed by atoms with van der Waals surface area (Å²) in [5.74, 6) is -0.0314. The molecule has 0 aliphatic carbocycles. The first-order valence-electron chi connectivity index (χ1n) is 6.35. The highest BCUT2D eigenvalue weighted by Gasteiger charge is 2.24. The molecule has 3 heterocycles. The van der Waals surface area contributed by atoms with Crippen LogP contribution in [-0.2, 0) is 16.1 Å². The highest BCUT2D eigenvalue weighted by atomic mass is 32.1. The van der Waals surface area contributed by atoms with Crippen LogP contribution in [0.1, 0.15) is 5.56 Å². The number of nitrogens with zero attached hydrogens (tertiary/aromatic N) is 3. The van der Waals surface area contributed by atoms with Gasteiger partial charge in [-0.3, -0.25) is 14.2 Å². The smallest absolute Gasteiger partial charge is 0.271 e. The van der Waals surface area contributed by atoms with Crippen molar-refractivity contribution in [3.05, 3.63) is 27.6 Å². The number of aryl methyl sites for hydroxylation is 1. The summed E-state index contributed by atoms with van der Waals surface area (Å²) in [5.41, 5.74) is 1.75. The quantitative estimate of drug-likeness (QED) is 0.814. The summed E-state index contributed by atoms with van der Waals surface area (Å²) in [7, 11) is 1.74. The predicted molar refractivity (Wildman–Crippen MR) is 76.0 cm³/mol. The molecule has 0 aromatic carbocycles. The van der Waals surface area contributed by atoms with E-state index in [-0.39, 0.29) is 24.2 Å². The molecule has 7 heteroatoms. The van der Waals surface area contributed by atoms with E-state index >= 15 is 0 Å². The third-order valence-electron chi connectivity index (χ3n) is 3.47. The van der Waals surface area contributed by atoms with Crippen molar-refractivity contribution in [2.75, 3.05) is 20.2 Å². The van der Waals surface area contributed by atoms with Crippen LogP contribution in [0.5, 0.6) is 0 Å². The van der Waals surface area contributed by atoms with Gasteiger partial charge >= 0.3 is 0 Å². The maximum absolute atomic E-state index is 12.4. The average molecular weight is 293 g/mol. The van der Waals surface area contributed by atoms with E-state index in [1.165, 1.54) is 11.3 Å². The number of ether oxygens (including phenoxy) is 1. The lowest BCUT2D eigenvalue weighted by Gasteiger charge is -2.30. The molecule has 0 N–H and O–H groups in total. The summed E-state index contributed by atoms with van der Waals surface area (Å²) >= 11 is 1.42. The molecule has 1 aliphatic heterocycles. The molecule has 1 saturated heterocycles. The topological polar surface area (TPSA) is 64.4 Å². The molecule has 1 atom stereocenters. The summed E-state index contributed by atoms with van der Waals surface area (Å²) < 4.78 is 7.70. The molecule has 1 aliphatic rings. The van der Waals surface area contributed by atoms with Gasteiger partial charge in [0.2, 0.25) is 5.91 Å². The SMILES string of the molecule is Cc1csc2c(=O)n(C[C@@H]3CN(C)C(=O)CO3)cnc12. The van der Waals surface area contributed by atoms with Crippen molar-refractivity contribution < 1.29 is 9.53 Å². The van der Waals surface area contributed by atoms with Crippen LogP contribution in [0.25, 0.3) is 10.2 Å². The zero-order valence-electron chi connectivity index (χ0n) is 11.3. The van der Waals surface area contributed by atoms with Crippen LogP contribution < -0.4 is 5.56 Å². The number of rotatable bonds is 2. The summed E-state index contributed by atoms with van der Waals surface area (Å²) in [5, 5.41) is 1.94. The lowest BCUT2D eigenvalue weighted by atomic mass is 10.2. The van der Waals surface area contributed by atoms with Gasteiger partial charge in [-0.05, 0) is 17.9 Å². The zero-order chi connectivity index (χ0) is 14.3. The van der Waals surface area contributed by atoms with Gasteiger partial charge in [-0.25, -0.2) is 4.98 Å². The van der Waals surface area contributed by atoms with Gasteiger partial charge in [-0.2, -0.15) is 0 Å². The van der Waals surface area contributed by atoms with E-state index < -0.39 is 0 Å². The molecule has 0 spiro atoms. The number of aromatic nitrogens is 2. The number of carbonyl (C=O) groups is 1. The Morgan fingerprint density at radius 2 is 2.30 bits per heavy atom. The number of thiophene rings is 1. The molecule has 106 valence electrons. The molecule has 6 nitrogen and oxygen atoms in total. The minimum Gasteiger partial charge on any atom is -0.365 e. The van der Waals surface area contributed by atoms with E-state index in [1.54, 1.807) is 22.8 Å². The fourth-order valence-corrected chi connectivity index (χ4v) is 3.23. The van der Waals surface area contributed by atoms with Crippen molar-refractivity contribution in [1.29, 1.82) is 0 Å². The van der Waals surface area contributed by atoms with E-state index in [9.17, 15) is 9.59 Å². The lowest BCUT2D eigenvalue weighted by molar-refractivity contribution is -0.147. The Balaban J connectivity index is 1.86. The van der Waals surface area contributed by atoms with Gasteiger partial charge in [-0.15, -0.1) is 11.3 Å². The van der Waals surface area contributed by atoms with Gasteiger partial charge in [0, 0.05) is 13.6 Å². The monoisotopic (exact) mass is 293 g/mol. The minimum absolute atomic E-state index is 0.0314. The maximum atomic E-state index is 12.4.